The lowest BCUT2D eigenvalue weighted by Gasteiger charge is -2.06. The average Bonchev–Trinajstić information content (AvgIpc) is 2.95. The maximum absolute atomic E-state index is 5.20. The molecule has 3 rings (SSSR count). The summed E-state index contributed by atoms with van der Waals surface area (Å²) in [6.45, 7) is 2.00. The molecule has 0 aliphatic heterocycles. The molecule has 0 aliphatic carbocycles. The summed E-state index contributed by atoms with van der Waals surface area (Å²) in [5.74, 6) is 0.842. The normalized spacial score (nSPS) is 11.0. The monoisotopic (exact) mass is 290 g/mol. The summed E-state index contributed by atoms with van der Waals surface area (Å²) in [6, 6.07) is 20.2. The van der Waals surface area contributed by atoms with Crippen molar-refractivity contribution < 1.29 is 4.74 Å². The van der Waals surface area contributed by atoms with Gasteiger partial charge in [-0.2, -0.15) is 5.10 Å². The lowest BCUT2D eigenvalue weighted by molar-refractivity contribution is 0.414. The van der Waals surface area contributed by atoms with Crippen LogP contribution in [0, 0.1) is 6.92 Å². The van der Waals surface area contributed by atoms with Gasteiger partial charge in [0.05, 0.1) is 24.2 Å². The molecule has 3 aromatic rings. The number of rotatable bonds is 4. The molecule has 0 amide bonds. The maximum atomic E-state index is 5.20. The molecule has 0 saturated carbocycles. The molecule has 110 valence electrons. The van der Waals surface area contributed by atoms with Crippen LogP contribution in [0.2, 0.25) is 0 Å². The molecule has 0 N–H and O–H groups in total. The van der Waals surface area contributed by atoms with E-state index in [1.54, 1.807) is 7.11 Å². The maximum Gasteiger partial charge on any atom is 0.119 e. The quantitative estimate of drug-likeness (QED) is 0.714. The highest BCUT2D eigenvalue weighted by Gasteiger charge is 2.05. The second kappa shape index (κ2) is 6.31. The molecule has 1 aromatic heterocycles. The van der Waals surface area contributed by atoms with Crippen molar-refractivity contribution in [2.45, 2.75) is 6.92 Å². The molecule has 0 unspecified atom stereocenters. The third-order valence-corrected chi connectivity index (χ3v) is 3.42. The zero-order valence-corrected chi connectivity index (χ0v) is 12.7. The van der Waals surface area contributed by atoms with Crippen molar-refractivity contribution in [3.8, 4) is 11.4 Å². The molecule has 0 spiro atoms. The zero-order valence-electron chi connectivity index (χ0n) is 12.7. The van der Waals surface area contributed by atoms with E-state index < -0.39 is 0 Å². The molecular weight excluding hydrogens is 272 g/mol. The van der Waals surface area contributed by atoms with Gasteiger partial charge in [0.2, 0.25) is 0 Å². The van der Waals surface area contributed by atoms with Crippen LogP contribution < -0.4 is 4.74 Å². The first-order valence-corrected chi connectivity index (χ1v) is 7.20. The molecule has 2 aromatic carbocycles. The van der Waals surface area contributed by atoms with Crippen molar-refractivity contribution in [1.82, 2.24) is 9.78 Å². The SMILES string of the molecule is COc1ccc(-n2nc(C)cc2/C=C/c2ccccc2)cc1. The summed E-state index contributed by atoms with van der Waals surface area (Å²) < 4.78 is 7.14. The minimum atomic E-state index is 0.842. The number of benzene rings is 2. The van der Waals surface area contributed by atoms with Crippen LogP contribution in [0.15, 0.2) is 60.7 Å². The van der Waals surface area contributed by atoms with E-state index in [4.69, 9.17) is 4.74 Å². The predicted molar refractivity (Wildman–Crippen MR) is 90.2 cm³/mol. The van der Waals surface area contributed by atoms with Crippen molar-refractivity contribution in [3.05, 3.63) is 77.6 Å². The van der Waals surface area contributed by atoms with Gasteiger partial charge in [-0.3, -0.25) is 0 Å². The first kappa shape index (κ1) is 14.1. The molecule has 22 heavy (non-hydrogen) atoms. The van der Waals surface area contributed by atoms with Crippen LogP contribution in [0.5, 0.6) is 5.75 Å². The van der Waals surface area contributed by atoms with Crippen molar-refractivity contribution in [3.63, 3.8) is 0 Å². The Morgan fingerprint density at radius 2 is 1.68 bits per heavy atom. The van der Waals surface area contributed by atoms with Gasteiger partial charge < -0.3 is 4.74 Å². The van der Waals surface area contributed by atoms with E-state index in [1.165, 1.54) is 5.56 Å². The molecule has 3 nitrogen and oxygen atoms in total. The van der Waals surface area contributed by atoms with E-state index >= 15 is 0 Å². The molecule has 3 heteroatoms. The van der Waals surface area contributed by atoms with E-state index in [0.717, 1.165) is 22.8 Å². The number of aryl methyl sites for hydroxylation is 1. The van der Waals surface area contributed by atoms with Crippen LogP contribution >= 0.6 is 0 Å². The smallest absolute Gasteiger partial charge is 0.119 e. The van der Waals surface area contributed by atoms with Crippen LogP contribution in [0.3, 0.4) is 0 Å². The third-order valence-electron chi connectivity index (χ3n) is 3.42. The summed E-state index contributed by atoms with van der Waals surface area (Å²) in [7, 11) is 1.67. The van der Waals surface area contributed by atoms with E-state index in [0.29, 0.717) is 0 Å². The zero-order chi connectivity index (χ0) is 15.4. The van der Waals surface area contributed by atoms with E-state index in [-0.39, 0.29) is 0 Å². The minimum absolute atomic E-state index is 0.842. The molecular formula is C19H18N2O. The molecule has 0 fully saturated rings. The molecule has 0 bridgehead atoms. The number of methoxy groups -OCH3 is 1. The molecule has 1 heterocycles. The first-order chi connectivity index (χ1) is 10.8. The molecule has 0 saturated heterocycles. The van der Waals surface area contributed by atoms with Crippen LogP contribution in [-0.2, 0) is 0 Å². The highest BCUT2D eigenvalue weighted by atomic mass is 16.5. The number of ether oxygens (including phenoxy) is 1. The van der Waals surface area contributed by atoms with Crippen LogP contribution in [-0.4, -0.2) is 16.9 Å². The fraction of sp³-hybridized carbons (Fsp3) is 0.105. The topological polar surface area (TPSA) is 27.1 Å². The summed E-state index contributed by atoms with van der Waals surface area (Å²) in [5.41, 5.74) is 4.22. The van der Waals surface area contributed by atoms with Gasteiger partial charge in [-0.25, -0.2) is 4.68 Å². The van der Waals surface area contributed by atoms with Crippen LogP contribution in [0.1, 0.15) is 17.0 Å². The number of hydrogen-bond acceptors (Lipinski definition) is 2. The van der Waals surface area contributed by atoms with Crippen molar-refractivity contribution in [2.75, 3.05) is 7.11 Å². The predicted octanol–water partition coefficient (Wildman–Crippen LogP) is 4.36. The Morgan fingerprint density at radius 1 is 0.955 bits per heavy atom. The van der Waals surface area contributed by atoms with Gasteiger partial charge in [-0.15, -0.1) is 0 Å². The molecule has 0 atom stereocenters. The van der Waals surface area contributed by atoms with E-state index in [1.807, 2.05) is 54.1 Å². The van der Waals surface area contributed by atoms with Gasteiger partial charge in [0.15, 0.2) is 0 Å². The fourth-order valence-corrected chi connectivity index (χ4v) is 2.31. The number of aromatic nitrogens is 2. The summed E-state index contributed by atoms with van der Waals surface area (Å²) in [4.78, 5) is 0. The lowest BCUT2D eigenvalue weighted by Crippen LogP contribution is -1.99. The van der Waals surface area contributed by atoms with Crippen LogP contribution in [0.25, 0.3) is 17.8 Å². The Labute approximate surface area is 130 Å². The largest absolute Gasteiger partial charge is 0.497 e. The molecule has 0 radical (unpaired) electrons. The van der Waals surface area contributed by atoms with Crippen molar-refractivity contribution in [2.24, 2.45) is 0 Å². The second-order valence-electron chi connectivity index (χ2n) is 5.06. The molecule has 0 aliphatic rings. The Morgan fingerprint density at radius 3 is 2.36 bits per heavy atom. The number of nitrogens with zero attached hydrogens (tertiary/aromatic N) is 2. The Bertz CT molecular complexity index is 771. The van der Waals surface area contributed by atoms with Gasteiger partial charge in [0, 0.05) is 0 Å². The average molecular weight is 290 g/mol. The van der Waals surface area contributed by atoms with Gasteiger partial charge >= 0.3 is 0 Å². The van der Waals surface area contributed by atoms with Gasteiger partial charge in [0.1, 0.15) is 5.75 Å². The highest BCUT2D eigenvalue weighted by molar-refractivity contribution is 5.69. The van der Waals surface area contributed by atoms with Crippen LogP contribution in [0.4, 0.5) is 0 Å². The van der Waals surface area contributed by atoms with Gasteiger partial charge in [0.25, 0.3) is 0 Å². The Hall–Kier alpha value is -2.81. The third kappa shape index (κ3) is 3.09. The summed E-state index contributed by atoms with van der Waals surface area (Å²) in [6.07, 6.45) is 4.18. The summed E-state index contributed by atoms with van der Waals surface area (Å²) >= 11 is 0. The lowest BCUT2D eigenvalue weighted by atomic mass is 10.2. The standard InChI is InChI=1S/C19H18N2O/c1-15-14-18(9-8-16-6-4-3-5-7-16)21(20-15)17-10-12-19(22-2)13-11-17/h3-14H,1-2H3/b9-8+. The highest BCUT2D eigenvalue weighted by Crippen LogP contribution is 2.18. The van der Waals surface area contributed by atoms with Crippen molar-refractivity contribution >= 4 is 12.2 Å². The second-order valence-corrected chi connectivity index (χ2v) is 5.06. The van der Waals surface area contributed by atoms with E-state index in [2.05, 4.69) is 35.4 Å². The Balaban J connectivity index is 1.94. The summed E-state index contributed by atoms with van der Waals surface area (Å²) in [5, 5.41) is 4.57. The fourth-order valence-electron chi connectivity index (χ4n) is 2.31. The minimum Gasteiger partial charge on any atom is -0.497 e. The van der Waals surface area contributed by atoms with Gasteiger partial charge in [-0.1, -0.05) is 36.4 Å². The van der Waals surface area contributed by atoms with Gasteiger partial charge in [-0.05, 0) is 48.9 Å². The Kier molecular flexibility index (Phi) is 4.05. The number of hydrogen-bond donors (Lipinski definition) is 0. The van der Waals surface area contributed by atoms with Crippen molar-refractivity contribution in [1.29, 1.82) is 0 Å². The first-order valence-electron chi connectivity index (χ1n) is 7.20. The van der Waals surface area contributed by atoms with E-state index in [9.17, 15) is 0 Å².